The fraction of sp³-hybridized carbons (Fsp3) is 0.875. The SMILES string of the molecule is CCN1CCOCC2(CCCN(C(=O)COC)C2)C1.O=C(O)C(F)(F)F. The molecule has 0 radical (unpaired) electrons. The Labute approximate surface area is 151 Å². The van der Waals surface area contributed by atoms with Crippen LogP contribution in [0.4, 0.5) is 13.2 Å². The van der Waals surface area contributed by atoms with Crippen LogP contribution in [0, 0.1) is 5.41 Å². The van der Waals surface area contributed by atoms with Crippen molar-refractivity contribution in [3.8, 4) is 0 Å². The number of carbonyl (C=O) groups excluding carboxylic acids is 1. The molecule has 0 bridgehead atoms. The highest BCUT2D eigenvalue weighted by molar-refractivity contribution is 5.77. The number of hydrogen-bond acceptors (Lipinski definition) is 5. The maximum absolute atomic E-state index is 12.0. The van der Waals surface area contributed by atoms with Crippen LogP contribution in [0.1, 0.15) is 19.8 Å². The van der Waals surface area contributed by atoms with E-state index >= 15 is 0 Å². The van der Waals surface area contributed by atoms with Gasteiger partial charge in [-0.2, -0.15) is 13.2 Å². The lowest BCUT2D eigenvalue weighted by Gasteiger charge is -2.43. The minimum atomic E-state index is -5.08. The molecule has 2 saturated heterocycles. The molecule has 2 fully saturated rings. The van der Waals surface area contributed by atoms with Crippen molar-refractivity contribution in [1.29, 1.82) is 0 Å². The fourth-order valence-electron chi connectivity index (χ4n) is 3.23. The number of carboxylic acids is 1. The van der Waals surface area contributed by atoms with E-state index in [1.54, 1.807) is 7.11 Å². The van der Waals surface area contributed by atoms with E-state index in [1.807, 2.05) is 4.90 Å². The highest BCUT2D eigenvalue weighted by Crippen LogP contribution is 2.33. The number of carboxylic acid groups (broad SMARTS) is 1. The number of alkyl halides is 3. The third-order valence-corrected chi connectivity index (χ3v) is 4.49. The number of carbonyl (C=O) groups is 2. The number of hydrogen-bond donors (Lipinski definition) is 1. The maximum Gasteiger partial charge on any atom is 0.490 e. The Morgan fingerprint density at radius 3 is 2.46 bits per heavy atom. The molecule has 1 N–H and O–H groups in total. The van der Waals surface area contributed by atoms with Crippen LogP contribution in [-0.2, 0) is 19.1 Å². The number of methoxy groups -OCH3 is 1. The smallest absolute Gasteiger partial charge is 0.475 e. The first-order chi connectivity index (χ1) is 12.1. The number of likely N-dealkylation sites (tertiary alicyclic amines) is 1. The van der Waals surface area contributed by atoms with E-state index in [4.69, 9.17) is 19.4 Å². The lowest BCUT2D eigenvalue weighted by atomic mass is 9.80. The zero-order chi connectivity index (χ0) is 19.8. The number of aliphatic carboxylic acids is 1. The number of rotatable bonds is 3. The van der Waals surface area contributed by atoms with Gasteiger partial charge in [0.15, 0.2) is 0 Å². The van der Waals surface area contributed by atoms with Crippen LogP contribution >= 0.6 is 0 Å². The first kappa shape index (κ1) is 22.7. The van der Waals surface area contributed by atoms with Gasteiger partial charge in [-0.25, -0.2) is 4.79 Å². The van der Waals surface area contributed by atoms with Crippen molar-refractivity contribution < 1.29 is 37.3 Å². The van der Waals surface area contributed by atoms with Gasteiger partial charge in [0.2, 0.25) is 5.91 Å². The van der Waals surface area contributed by atoms with Crippen LogP contribution in [0.3, 0.4) is 0 Å². The zero-order valence-electron chi connectivity index (χ0n) is 15.2. The molecular formula is C16H27F3N2O5. The molecule has 7 nitrogen and oxygen atoms in total. The Morgan fingerprint density at radius 1 is 1.27 bits per heavy atom. The summed E-state index contributed by atoms with van der Waals surface area (Å²) in [7, 11) is 1.57. The summed E-state index contributed by atoms with van der Waals surface area (Å²) in [5.74, 6) is -2.65. The normalized spacial score (nSPS) is 24.6. The van der Waals surface area contributed by atoms with Gasteiger partial charge in [-0.1, -0.05) is 6.92 Å². The molecule has 0 aliphatic carbocycles. The Hall–Kier alpha value is -1.39. The fourth-order valence-corrected chi connectivity index (χ4v) is 3.23. The van der Waals surface area contributed by atoms with Crippen molar-refractivity contribution >= 4 is 11.9 Å². The second kappa shape index (κ2) is 10.1. The van der Waals surface area contributed by atoms with E-state index in [1.165, 1.54) is 0 Å². The molecular weight excluding hydrogens is 357 g/mol. The van der Waals surface area contributed by atoms with Gasteiger partial charge < -0.3 is 24.4 Å². The molecule has 1 spiro atoms. The van der Waals surface area contributed by atoms with Gasteiger partial charge in [-0.3, -0.25) is 4.79 Å². The van der Waals surface area contributed by atoms with Crippen molar-refractivity contribution in [1.82, 2.24) is 9.80 Å². The van der Waals surface area contributed by atoms with Crippen molar-refractivity contribution in [3.63, 3.8) is 0 Å². The van der Waals surface area contributed by atoms with Crippen LogP contribution in [0.5, 0.6) is 0 Å². The summed E-state index contributed by atoms with van der Waals surface area (Å²) >= 11 is 0. The third kappa shape index (κ3) is 7.08. The van der Waals surface area contributed by atoms with Crippen molar-refractivity contribution in [3.05, 3.63) is 0 Å². The molecule has 26 heavy (non-hydrogen) atoms. The number of amides is 1. The third-order valence-electron chi connectivity index (χ3n) is 4.49. The minimum Gasteiger partial charge on any atom is -0.475 e. The average molecular weight is 384 g/mol. The Balaban J connectivity index is 0.000000412. The summed E-state index contributed by atoms with van der Waals surface area (Å²) in [5, 5.41) is 7.12. The summed E-state index contributed by atoms with van der Waals surface area (Å²) < 4.78 is 42.5. The van der Waals surface area contributed by atoms with Gasteiger partial charge in [-0.05, 0) is 19.4 Å². The standard InChI is InChI=1S/C14H26N2O3.C2HF3O2/c1-3-15-7-8-19-12-14(10-15)5-4-6-16(11-14)13(17)9-18-2;3-2(4,5)1(6)7/h3-12H2,1-2H3;(H,6,7). The van der Waals surface area contributed by atoms with E-state index in [0.29, 0.717) is 0 Å². The highest BCUT2D eigenvalue weighted by Gasteiger charge is 2.40. The van der Waals surface area contributed by atoms with E-state index in [-0.39, 0.29) is 17.9 Å². The maximum atomic E-state index is 12.0. The van der Waals surface area contributed by atoms with Gasteiger partial charge in [-0.15, -0.1) is 0 Å². The number of halogens is 3. The number of piperidine rings is 1. The Morgan fingerprint density at radius 2 is 1.92 bits per heavy atom. The predicted molar refractivity (Wildman–Crippen MR) is 86.7 cm³/mol. The molecule has 2 rings (SSSR count). The molecule has 2 heterocycles. The molecule has 0 aromatic carbocycles. The van der Waals surface area contributed by atoms with Crippen molar-refractivity contribution in [2.75, 3.05) is 59.7 Å². The Kier molecular flexibility index (Phi) is 8.78. The van der Waals surface area contributed by atoms with E-state index in [2.05, 4.69) is 11.8 Å². The number of ether oxygens (including phenoxy) is 2. The molecule has 1 unspecified atom stereocenters. The monoisotopic (exact) mass is 384 g/mol. The van der Waals surface area contributed by atoms with Gasteiger partial charge in [0.25, 0.3) is 0 Å². The molecule has 152 valence electrons. The lowest BCUT2D eigenvalue weighted by molar-refractivity contribution is -0.192. The molecule has 0 saturated carbocycles. The summed E-state index contributed by atoms with van der Waals surface area (Å²) in [6.07, 6.45) is -2.86. The highest BCUT2D eigenvalue weighted by atomic mass is 19.4. The molecule has 2 aliphatic heterocycles. The van der Waals surface area contributed by atoms with Crippen LogP contribution in [-0.4, -0.2) is 92.6 Å². The quantitative estimate of drug-likeness (QED) is 0.789. The largest absolute Gasteiger partial charge is 0.490 e. The van der Waals surface area contributed by atoms with Crippen LogP contribution in [0.15, 0.2) is 0 Å². The first-order valence-electron chi connectivity index (χ1n) is 8.50. The van der Waals surface area contributed by atoms with Crippen molar-refractivity contribution in [2.45, 2.75) is 25.9 Å². The predicted octanol–water partition coefficient (Wildman–Crippen LogP) is 1.23. The van der Waals surface area contributed by atoms with Crippen LogP contribution in [0.25, 0.3) is 0 Å². The van der Waals surface area contributed by atoms with Gasteiger partial charge in [0, 0.05) is 38.7 Å². The van der Waals surface area contributed by atoms with Gasteiger partial charge in [0.05, 0.1) is 13.2 Å². The topological polar surface area (TPSA) is 79.3 Å². The zero-order valence-corrected chi connectivity index (χ0v) is 15.2. The second-order valence-electron chi connectivity index (χ2n) is 6.58. The summed E-state index contributed by atoms with van der Waals surface area (Å²) in [6, 6.07) is 0. The first-order valence-corrected chi connectivity index (χ1v) is 8.50. The minimum absolute atomic E-state index is 0.105. The van der Waals surface area contributed by atoms with E-state index in [9.17, 15) is 18.0 Å². The summed E-state index contributed by atoms with van der Waals surface area (Å²) in [4.78, 5) is 25.3. The second-order valence-corrected chi connectivity index (χ2v) is 6.58. The lowest BCUT2D eigenvalue weighted by Crippen LogP contribution is -2.52. The molecule has 0 aromatic rings. The summed E-state index contributed by atoms with van der Waals surface area (Å²) in [5.41, 5.74) is 0.119. The van der Waals surface area contributed by atoms with Gasteiger partial charge >= 0.3 is 12.1 Å². The van der Waals surface area contributed by atoms with E-state index in [0.717, 1.165) is 58.8 Å². The molecule has 1 amide bonds. The van der Waals surface area contributed by atoms with Crippen molar-refractivity contribution in [2.24, 2.45) is 5.41 Å². The number of nitrogens with zero attached hydrogens (tertiary/aromatic N) is 2. The summed E-state index contributed by atoms with van der Waals surface area (Å²) in [6.45, 7) is 8.73. The average Bonchev–Trinajstić information content (AvgIpc) is 2.77. The molecule has 1 atom stereocenters. The number of likely N-dealkylation sites (N-methyl/N-ethyl adjacent to an activating group) is 1. The van der Waals surface area contributed by atoms with E-state index < -0.39 is 12.1 Å². The molecule has 2 aliphatic rings. The van der Waals surface area contributed by atoms with Gasteiger partial charge in [0.1, 0.15) is 6.61 Å². The Bertz CT molecular complexity index is 475. The molecule has 0 aromatic heterocycles. The van der Waals surface area contributed by atoms with Crippen LogP contribution < -0.4 is 0 Å². The van der Waals surface area contributed by atoms with Crippen LogP contribution in [0.2, 0.25) is 0 Å². The molecule has 10 heteroatoms.